The van der Waals surface area contributed by atoms with E-state index in [1.165, 1.54) is 11.3 Å². The second-order valence-corrected chi connectivity index (χ2v) is 6.01. The number of carbonyl (C=O) groups is 2. The molecule has 0 aliphatic rings. The van der Waals surface area contributed by atoms with E-state index in [0.717, 1.165) is 4.47 Å². The first kappa shape index (κ1) is 13.5. The molecular weight excluding hydrogens is 384 g/mol. The summed E-state index contributed by atoms with van der Waals surface area (Å²) in [7, 11) is 0. The molecule has 0 saturated carbocycles. The highest BCUT2D eigenvalue weighted by molar-refractivity contribution is 9.11. The van der Waals surface area contributed by atoms with Crippen molar-refractivity contribution in [1.29, 1.82) is 0 Å². The summed E-state index contributed by atoms with van der Waals surface area (Å²) in [5.41, 5.74) is 0.307. The van der Waals surface area contributed by atoms with Crippen LogP contribution in [0.1, 0.15) is 20.0 Å². The van der Waals surface area contributed by atoms with E-state index in [0.29, 0.717) is 21.2 Å². The molecule has 1 heterocycles. The van der Waals surface area contributed by atoms with E-state index in [1.807, 2.05) is 0 Å². The zero-order chi connectivity index (χ0) is 13.1. The molecule has 1 aromatic carbocycles. The minimum absolute atomic E-state index is 0.228. The Hall–Kier alpha value is -0.980. The van der Waals surface area contributed by atoms with Crippen LogP contribution in [0.25, 0.3) is 0 Å². The Bertz CT molecular complexity index is 594. The minimum Gasteiger partial charge on any atom is -0.420 e. The van der Waals surface area contributed by atoms with E-state index < -0.39 is 5.97 Å². The molecule has 0 fully saturated rings. The Morgan fingerprint density at radius 1 is 1.33 bits per heavy atom. The number of benzene rings is 1. The van der Waals surface area contributed by atoms with Crippen LogP contribution in [-0.2, 0) is 0 Å². The lowest BCUT2D eigenvalue weighted by molar-refractivity contribution is 0.0737. The highest BCUT2D eigenvalue weighted by Crippen LogP contribution is 2.32. The maximum atomic E-state index is 11.8. The van der Waals surface area contributed by atoms with E-state index in [2.05, 4.69) is 31.9 Å². The predicted octanol–water partition coefficient (Wildman–Crippen LogP) is 4.30. The third-order valence-corrected chi connectivity index (χ3v) is 3.98. The van der Waals surface area contributed by atoms with Gasteiger partial charge in [-0.15, -0.1) is 11.3 Å². The van der Waals surface area contributed by atoms with Gasteiger partial charge in [0.25, 0.3) is 0 Å². The monoisotopic (exact) mass is 388 g/mol. The molecule has 3 nitrogen and oxygen atoms in total. The van der Waals surface area contributed by atoms with Crippen molar-refractivity contribution >= 4 is 55.5 Å². The number of carbonyl (C=O) groups excluding carboxylic acids is 2. The Kier molecular flexibility index (Phi) is 4.31. The Balaban J connectivity index is 2.34. The first-order valence-electron chi connectivity index (χ1n) is 4.81. The SMILES string of the molecule is O=Cc1cc(Br)cc(Br)c1OC(=O)c1cccs1. The lowest BCUT2D eigenvalue weighted by atomic mass is 10.2. The molecule has 0 aliphatic heterocycles. The van der Waals surface area contributed by atoms with Crippen LogP contribution in [0.5, 0.6) is 5.75 Å². The van der Waals surface area contributed by atoms with Gasteiger partial charge < -0.3 is 4.74 Å². The number of thiophene rings is 1. The van der Waals surface area contributed by atoms with Crippen molar-refractivity contribution in [1.82, 2.24) is 0 Å². The number of hydrogen-bond donors (Lipinski definition) is 0. The highest BCUT2D eigenvalue weighted by Gasteiger charge is 2.16. The summed E-state index contributed by atoms with van der Waals surface area (Å²) in [5, 5.41) is 1.79. The first-order chi connectivity index (χ1) is 8.61. The number of esters is 1. The molecule has 0 unspecified atom stereocenters. The van der Waals surface area contributed by atoms with Crippen molar-refractivity contribution in [3.8, 4) is 5.75 Å². The van der Waals surface area contributed by atoms with Gasteiger partial charge in [0.2, 0.25) is 0 Å². The zero-order valence-electron chi connectivity index (χ0n) is 8.85. The number of aldehydes is 1. The van der Waals surface area contributed by atoms with Crippen molar-refractivity contribution < 1.29 is 14.3 Å². The molecular formula is C12H6Br2O3S. The first-order valence-corrected chi connectivity index (χ1v) is 7.28. The normalized spacial score (nSPS) is 10.1. The molecule has 2 aromatic rings. The predicted molar refractivity (Wildman–Crippen MR) is 76.5 cm³/mol. The summed E-state index contributed by atoms with van der Waals surface area (Å²) in [6.45, 7) is 0. The number of ether oxygens (including phenoxy) is 1. The Labute approximate surface area is 124 Å². The van der Waals surface area contributed by atoms with Gasteiger partial charge in [0.15, 0.2) is 12.0 Å². The van der Waals surface area contributed by atoms with E-state index in [9.17, 15) is 9.59 Å². The lowest BCUT2D eigenvalue weighted by Gasteiger charge is -2.08. The van der Waals surface area contributed by atoms with Gasteiger partial charge in [0.05, 0.1) is 10.0 Å². The molecule has 0 atom stereocenters. The average molecular weight is 390 g/mol. The quantitative estimate of drug-likeness (QED) is 0.446. The maximum absolute atomic E-state index is 11.8. The second-order valence-electron chi connectivity index (χ2n) is 3.29. The van der Waals surface area contributed by atoms with Gasteiger partial charge in [0.1, 0.15) is 4.88 Å². The van der Waals surface area contributed by atoms with Crippen molar-refractivity contribution in [3.05, 3.63) is 49.0 Å². The number of rotatable bonds is 3. The summed E-state index contributed by atoms with van der Waals surface area (Å²) >= 11 is 7.82. The molecule has 1 aromatic heterocycles. The van der Waals surface area contributed by atoms with Crippen LogP contribution >= 0.6 is 43.2 Å². The molecule has 2 rings (SSSR count). The van der Waals surface area contributed by atoms with Gasteiger partial charge >= 0.3 is 5.97 Å². The molecule has 0 N–H and O–H groups in total. The van der Waals surface area contributed by atoms with Crippen molar-refractivity contribution in [2.45, 2.75) is 0 Å². The van der Waals surface area contributed by atoms with Crippen LogP contribution in [0.4, 0.5) is 0 Å². The van der Waals surface area contributed by atoms with Crippen LogP contribution in [0.15, 0.2) is 38.6 Å². The average Bonchev–Trinajstić information content (AvgIpc) is 2.85. The van der Waals surface area contributed by atoms with Gasteiger partial charge in [-0.3, -0.25) is 4.79 Å². The summed E-state index contributed by atoms with van der Waals surface area (Å²) in [6.07, 6.45) is 0.645. The molecule has 0 amide bonds. The van der Waals surface area contributed by atoms with Crippen LogP contribution < -0.4 is 4.74 Å². The molecule has 6 heteroatoms. The molecule has 0 spiro atoms. The smallest absolute Gasteiger partial charge is 0.353 e. The fraction of sp³-hybridized carbons (Fsp3) is 0. The Morgan fingerprint density at radius 2 is 2.11 bits per heavy atom. The summed E-state index contributed by atoms with van der Waals surface area (Å²) in [6, 6.07) is 6.73. The zero-order valence-corrected chi connectivity index (χ0v) is 12.8. The number of halogens is 2. The maximum Gasteiger partial charge on any atom is 0.353 e. The largest absolute Gasteiger partial charge is 0.420 e. The topological polar surface area (TPSA) is 43.4 Å². The fourth-order valence-electron chi connectivity index (χ4n) is 1.31. The van der Waals surface area contributed by atoms with Gasteiger partial charge in [0, 0.05) is 4.47 Å². The fourth-order valence-corrected chi connectivity index (χ4v) is 3.25. The van der Waals surface area contributed by atoms with Crippen LogP contribution in [0.3, 0.4) is 0 Å². The van der Waals surface area contributed by atoms with E-state index in [-0.39, 0.29) is 5.75 Å². The summed E-state index contributed by atoms with van der Waals surface area (Å²) in [4.78, 5) is 23.3. The Morgan fingerprint density at radius 3 is 2.72 bits per heavy atom. The van der Waals surface area contributed by atoms with Crippen molar-refractivity contribution in [2.24, 2.45) is 0 Å². The van der Waals surface area contributed by atoms with E-state index >= 15 is 0 Å². The van der Waals surface area contributed by atoms with Gasteiger partial charge in [-0.1, -0.05) is 22.0 Å². The lowest BCUT2D eigenvalue weighted by Crippen LogP contribution is -2.08. The minimum atomic E-state index is -0.476. The van der Waals surface area contributed by atoms with Gasteiger partial charge in [-0.05, 0) is 39.5 Å². The van der Waals surface area contributed by atoms with Crippen molar-refractivity contribution in [2.75, 3.05) is 0 Å². The van der Waals surface area contributed by atoms with E-state index in [1.54, 1.807) is 29.6 Å². The number of hydrogen-bond acceptors (Lipinski definition) is 4. The summed E-state index contributed by atoms with van der Waals surface area (Å²) in [5.74, 6) is -0.247. The molecule has 0 radical (unpaired) electrons. The van der Waals surface area contributed by atoms with E-state index in [4.69, 9.17) is 4.74 Å². The molecule has 18 heavy (non-hydrogen) atoms. The van der Waals surface area contributed by atoms with Gasteiger partial charge in [-0.2, -0.15) is 0 Å². The van der Waals surface area contributed by atoms with Crippen LogP contribution in [0.2, 0.25) is 0 Å². The molecule has 0 saturated heterocycles. The standard InChI is InChI=1S/C12H6Br2O3S/c13-8-4-7(6-15)11(9(14)5-8)17-12(16)10-2-1-3-18-10/h1-6H. The highest BCUT2D eigenvalue weighted by atomic mass is 79.9. The van der Waals surface area contributed by atoms with Crippen LogP contribution in [0, 0.1) is 0 Å². The van der Waals surface area contributed by atoms with Crippen LogP contribution in [-0.4, -0.2) is 12.3 Å². The summed E-state index contributed by atoms with van der Waals surface area (Å²) < 4.78 is 6.51. The molecule has 0 aliphatic carbocycles. The third-order valence-electron chi connectivity index (χ3n) is 2.08. The van der Waals surface area contributed by atoms with Gasteiger partial charge in [-0.25, -0.2) is 4.79 Å². The van der Waals surface area contributed by atoms with Crippen molar-refractivity contribution in [3.63, 3.8) is 0 Å². The molecule has 92 valence electrons. The third kappa shape index (κ3) is 2.88. The molecule has 0 bridgehead atoms. The second kappa shape index (κ2) is 5.77.